The Hall–Kier alpha value is -0.980. The summed E-state index contributed by atoms with van der Waals surface area (Å²) in [5.74, 6) is -0.476. The van der Waals surface area contributed by atoms with Crippen LogP contribution in [0.2, 0.25) is 0 Å². The lowest BCUT2D eigenvalue weighted by atomic mass is 9.91. The number of likely N-dealkylation sites (N-methyl/N-ethyl adjacent to an activating group) is 1. The summed E-state index contributed by atoms with van der Waals surface area (Å²) in [6, 6.07) is -0.284. The molecule has 0 spiro atoms. The van der Waals surface area contributed by atoms with Gasteiger partial charge in [-0.2, -0.15) is 13.2 Å². The van der Waals surface area contributed by atoms with E-state index >= 15 is 0 Å². The molecule has 17 heavy (non-hydrogen) atoms. The molecule has 0 aromatic rings. The van der Waals surface area contributed by atoms with E-state index < -0.39 is 24.6 Å². The SMILES string of the molecule is COC(=O)NC1CC(CC(F)(F)F)CN(C)C1. The van der Waals surface area contributed by atoms with Crippen molar-refractivity contribution in [1.29, 1.82) is 0 Å². The fourth-order valence-electron chi connectivity index (χ4n) is 2.25. The quantitative estimate of drug-likeness (QED) is 0.814. The van der Waals surface area contributed by atoms with E-state index in [1.807, 2.05) is 0 Å². The van der Waals surface area contributed by atoms with E-state index in [0.717, 1.165) is 0 Å². The van der Waals surface area contributed by atoms with E-state index in [1.54, 1.807) is 11.9 Å². The number of piperidine rings is 1. The second-order valence-corrected chi connectivity index (χ2v) is 4.48. The van der Waals surface area contributed by atoms with Crippen molar-refractivity contribution in [3.05, 3.63) is 0 Å². The number of alkyl carbamates (subject to hydrolysis) is 1. The summed E-state index contributed by atoms with van der Waals surface area (Å²) in [4.78, 5) is 12.8. The maximum Gasteiger partial charge on any atom is 0.407 e. The number of likely N-dealkylation sites (tertiary alicyclic amines) is 1. The summed E-state index contributed by atoms with van der Waals surface area (Å²) < 4.78 is 41.3. The van der Waals surface area contributed by atoms with Crippen molar-refractivity contribution < 1.29 is 22.7 Å². The van der Waals surface area contributed by atoms with Crippen molar-refractivity contribution in [2.45, 2.75) is 25.1 Å². The number of nitrogens with one attached hydrogen (secondary N) is 1. The largest absolute Gasteiger partial charge is 0.453 e. The van der Waals surface area contributed by atoms with Crippen molar-refractivity contribution in [2.24, 2.45) is 5.92 Å². The van der Waals surface area contributed by atoms with E-state index in [9.17, 15) is 18.0 Å². The van der Waals surface area contributed by atoms with Crippen LogP contribution < -0.4 is 5.32 Å². The Morgan fingerprint density at radius 1 is 1.47 bits per heavy atom. The maximum absolute atomic E-state index is 12.3. The van der Waals surface area contributed by atoms with Crippen LogP contribution in [0.3, 0.4) is 0 Å². The van der Waals surface area contributed by atoms with Gasteiger partial charge in [0.15, 0.2) is 0 Å². The second kappa shape index (κ2) is 5.57. The molecule has 2 atom stereocenters. The zero-order valence-corrected chi connectivity index (χ0v) is 9.88. The molecule has 1 rings (SSSR count). The lowest BCUT2D eigenvalue weighted by Gasteiger charge is -2.36. The van der Waals surface area contributed by atoms with Crippen molar-refractivity contribution in [1.82, 2.24) is 10.2 Å². The maximum atomic E-state index is 12.3. The number of halogens is 3. The first kappa shape index (κ1) is 14.1. The number of methoxy groups -OCH3 is 1. The number of hydrogen-bond acceptors (Lipinski definition) is 3. The van der Waals surface area contributed by atoms with E-state index in [-0.39, 0.29) is 6.04 Å². The summed E-state index contributed by atoms with van der Waals surface area (Å²) in [5.41, 5.74) is 0. The molecule has 1 aliphatic heterocycles. The standard InChI is InChI=1S/C10H17F3N2O2/c1-15-5-7(4-10(11,12)13)3-8(6-15)14-9(16)17-2/h7-8H,3-6H2,1-2H3,(H,14,16). The molecule has 1 heterocycles. The van der Waals surface area contributed by atoms with Crippen LogP contribution in [0.5, 0.6) is 0 Å². The van der Waals surface area contributed by atoms with Gasteiger partial charge in [0.25, 0.3) is 0 Å². The van der Waals surface area contributed by atoms with Crippen molar-refractivity contribution in [3.63, 3.8) is 0 Å². The summed E-state index contributed by atoms with van der Waals surface area (Å²) in [6.45, 7) is 0.947. The van der Waals surface area contributed by atoms with Crippen LogP contribution in [-0.4, -0.2) is 50.5 Å². The molecule has 0 bridgehead atoms. The van der Waals surface area contributed by atoms with Crippen LogP contribution in [0.4, 0.5) is 18.0 Å². The van der Waals surface area contributed by atoms with Gasteiger partial charge in [-0.15, -0.1) is 0 Å². The zero-order valence-electron chi connectivity index (χ0n) is 9.88. The Labute approximate surface area is 98.1 Å². The predicted octanol–water partition coefficient (Wildman–Crippen LogP) is 1.62. The number of alkyl halides is 3. The normalized spacial score (nSPS) is 26.6. The number of ether oxygens (including phenoxy) is 1. The number of rotatable bonds is 2. The van der Waals surface area contributed by atoms with Crippen LogP contribution in [0.25, 0.3) is 0 Å². The minimum absolute atomic E-state index is 0.284. The third kappa shape index (κ3) is 5.25. The summed E-state index contributed by atoms with van der Waals surface area (Å²) in [7, 11) is 2.98. The first-order chi connectivity index (χ1) is 7.80. The van der Waals surface area contributed by atoms with Crippen molar-refractivity contribution >= 4 is 6.09 Å². The molecule has 7 heteroatoms. The van der Waals surface area contributed by atoms with Gasteiger partial charge >= 0.3 is 12.3 Å². The van der Waals surface area contributed by atoms with Gasteiger partial charge in [-0.3, -0.25) is 0 Å². The number of nitrogens with zero attached hydrogens (tertiary/aromatic N) is 1. The van der Waals surface area contributed by atoms with Crippen LogP contribution in [0.15, 0.2) is 0 Å². The summed E-state index contributed by atoms with van der Waals surface area (Å²) >= 11 is 0. The molecule has 1 aliphatic rings. The average Bonchev–Trinajstić information content (AvgIpc) is 2.13. The summed E-state index contributed by atoms with van der Waals surface area (Å²) in [5, 5.41) is 2.54. The van der Waals surface area contributed by atoms with E-state index in [2.05, 4.69) is 10.1 Å². The highest BCUT2D eigenvalue weighted by Gasteiger charge is 2.36. The molecule has 1 amide bonds. The Balaban J connectivity index is 2.50. The van der Waals surface area contributed by atoms with Gasteiger partial charge in [-0.1, -0.05) is 0 Å². The molecule has 0 aromatic carbocycles. The average molecular weight is 254 g/mol. The van der Waals surface area contributed by atoms with Gasteiger partial charge in [-0.25, -0.2) is 4.79 Å². The molecule has 0 aromatic heterocycles. The molecule has 0 aliphatic carbocycles. The summed E-state index contributed by atoms with van der Waals surface area (Å²) in [6.07, 6.45) is -5.23. The smallest absolute Gasteiger partial charge is 0.407 e. The predicted molar refractivity (Wildman–Crippen MR) is 55.6 cm³/mol. The Morgan fingerprint density at radius 3 is 2.65 bits per heavy atom. The molecule has 1 fully saturated rings. The first-order valence-corrected chi connectivity index (χ1v) is 5.40. The number of hydrogen-bond donors (Lipinski definition) is 1. The Bertz CT molecular complexity index is 271. The minimum atomic E-state index is -4.15. The lowest BCUT2D eigenvalue weighted by molar-refractivity contribution is -0.148. The topological polar surface area (TPSA) is 41.6 Å². The fraction of sp³-hybridized carbons (Fsp3) is 0.900. The zero-order chi connectivity index (χ0) is 13.1. The first-order valence-electron chi connectivity index (χ1n) is 5.40. The third-order valence-corrected chi connectivity index (χ3v) is 2.75. The highest BCUT2D eigenvalue weighted by molar-refractivity contribution is 5.67. The van der Waals surface area contributed by atoms with Gasteiger partial charge in [0, 0.05) is 25.6 Å². The van der Waals surface area contributed by atoms with Gasteiger partial charge < -0.3 is 15.0 Å². The van der Waals surface area contributed by atoms with Crippen LogP contribution in [-0.2, 0) is 4.74 Å². The molecule has 100 valence electrons. The second-order valence-electron chi connectivity index (χ2n) is 4.48. The molecule has 4 nitrogen and oxygen atoms in total. The number of carbonyl (C=O) groups is 1. The lowest BCUT2D eigenvalue weighted by Crippen LogP contribution is -2.50. The van der Waals surface area contributed by atoms with Gasteiger partial charge in [0.2, 0.25) is 0 Å². The van der Waals surface area contributed by atoms with Gasteiger partial charge in [0.05, 0.1) is 7.11 Å². The highest BCUT2D eigenvalue weighted by atomic mass is 19.4. The molecule has 0 radical (unpaired) electrons. The molecular weight excluding hydrogens is 237 g/mol. The third-order valence-electron chi connectivity index (χ3n) is 2.75. The molecule has 1 N–H and O–H groups in total. The van der Waals surface area contributed by atoms with Crippen molar-refractivity contribution in [3.8, 4) is 0 Å². The van der Waals surface area contributed by atoms with Crippen molar-refractivity contribution in [2.75, 3.05) is 27.2 Å². The number of carbonyl (C=O) groups excluding carboxylic acids is 1. The fourth-order valence-corrected chi connectivity index (χ4v) is 2.25. The monoisotopic (exact) mass is 254 g/mol. The Morgan fingerprint density at radius 2 is 2.12 bits per heavy atom. The number of amides is 1. The van der Waals surface area contributed by atoms with E-state index in [4.69, 9.17) is 0 Å². The molecule has 2 unspecified atom stereocenters. The van der Waals surface area contributed by atoms with Gasteiger partial charge in [0.1, 0.15) is 0 Å². The molecular formula is C10H17F3N2O2. The van der Waals surface area contributed by atoms with Gasteiger partial charge in [-0.05, 0) is 19.4 Å². The van der Waals surface area contributed by atoms with Crippen LogP contribution in [0, 0.1) is 5.92 Å². The minimum Gasteiger partial charge on any atom is -0.453 e. The van der Waals surface area contributed by atoms with E-state index in [0.29, 0.717) is 19.5 Å². The molecule has 0 saturated carbocycles. The Kier molecular flexibility index (Phi) is 4.62. The highest BCUT2D eigenvalue weighted by Crippen LogP contribution is 2.29. The van der Waals surface area contributed by atoms with E-state index in [1.165, 1.54) is 7.11 Å². The molecule has 1 saturated heterocycles. The van der Waals surface area contributed by atoms with Crippen LogP contribution >= 0.6 is 0 Å². The van der Waals surface area contributed by atoms with Crippen LogP contribution in [0.1, 0.15) is 12.8 Å².